The quantitative estimate of drug-likeness (QED) is 0.765. The monoisotopic (exact) mass is 307 g/mol. The molecule has 0 atom stereocenters. The van der Waals surface area contributed by atoms with Gasteiger partial charge in [-0.3, -0.25) is 4.79 Å². The number of aryl methyl sites for hydroxylation is 1. The fraction of sp³-hybridized carbons (Fsp3) is 0.105. The van der Waals surface area contributed by atoms with Gasteiger partial charge >= 0.3 is 0 Å². The average Bonchev–Trinajstić information content (AvgIpc) is 2.58. The summed E-state index contributed by atoms with van der Waals surface area (Å²) in [5.41, 5.74) is 2.05. The largest absolute Gasteiger partial charge is 0.508 e. The maximum Gasteiger partial charge on any atom is 0.255 e. The molecule has 0 radical (unpaired) electrons. The van der Waals surface area contributed by atoms with Gasteiger partial charge in [-0.1, -0.05) is 18.2 Å². The summed E-state index contributed by atoms with van der Waals surface area (Å²) >= 11 is 0. The lowest BCUT2D eigenvalue weighted by atomic mass is 10.0. The lowest BCUT2D eigenvalue weighted by Crippen LogP contribution is -2.11. The zero-order chi connectivity index (χ0) is 16.4. The summed E-state index contributed by atoms with van der Waals surface area (Å²) in [7, 11) is 1.59. The van der Waals surface area contributed by atoms with Gasteiger partial charge in [0, 0.05) is 17.3 Å². The number of hydrogen-bond donors (Lipinski definition) is 2. The van der Waals surface area contributed by atoms with Crippen molar-refractivity contribution in [1.82, 2.24) is 0 Å². The molecule has 0 aromatic heterocycles. The lowest BCUT2D eigenvalue weighted by molar-refractivity contribution is 0.102. The highest BCUT2D eigenvalue weighted by atomic mass is 16.5. The zero-order valence-corrected chi connectivity index (χ0v) is 13.0. The van der Waals surface area contributed by atoms with E-state index >= 15 is 0 Å². The normalized spacial score (nSPS) is 10.5. The van der Waals surface area contributed by atoms with Crippen LogP contribution >= 0.6 is 0 Å². The molecule has 116 valence electrons. The highest BCUT2D eigenvalue weighted by Crippen LogP contribution is 2.27. The van der Waals surface area contributed by atoms with Crippen LogP contribution in [0.3, 0.4) is 0 Å². The van der Waals surface area contributed by atoms with Gasteiger partial charge in [0.25, 0.3) is 5.91 Å². The molecule has 2 N–H and O–H groups in total. The summed E-state index contributed by atoms with van der Waals surface area (Å²) in [5.74, 6) is 0.754. The fourth-order valence-electron chi connectivity index (χ4n) is 2.52. The van der Waals surface area contributed by atoms with Gasteiger partial charge in [-0.05, 0) is 53.6 Å². The van der Waals surface area contributed by atoms with Gasteiger partial charge < -0.3 is 15.2 Å². The van der Waals surface area contributed by atoms with Gasteiger partial charge in [0.05, 0.1) is 7.11 Å². The molecule has 0 aliphatic heterocycles. The third-order valence-electron chi connectivity index (χ3n) is 3.85. The second kappa shape index (κ2) is 6.01. The number of phenols is 1. The Kier molecular flexibility index (Phi) is 3.89. The molecular formula is C19H17NO3. The van der Waals surface area contributed by atoms with E-state index in [1.54, 1.807) is 31.4 Å². The highest BCUT2D eigenvalue weighted by molar-refractivity contribution is 6.06. The Morgan fingerprint density at radius 2 is 1.91 bits per heavy atom. The topological polar surface area (TPSA) is 58.6 Å². The molecule has 0 heterocycles. The third kappa shape index (κ3) is 2.97. The van der Waals surface area contributed by atoms with Crippen LogP contribution in [0.25, 0.3) is 10.8 Å². The van der Waals surface area contributed by atoms with Crippen molar-refractivity contribution in [3.8, 4) is 11.5 Å². The van der Waals surface area contributed by atoms with E-state index in [1.807, 2.05) is 37.3 Å². The number of phenolic OH excluding ortho intramolecular Hbond substituents is 1. The van der Waals surface area contributed by atoms with E-state index in [-0.39, 0.29) is 11.7 Å². The number of carbonyl (C=O) groups excluding carboxylic acids is 1. The van der Waals surface area contributed by atoms with Crippen molar-refractivity contribution >= 4 is 22.4 Å². The number of amides is 1. The highest BCUT2D eigenvalue weighted by Gasteiger charge is 2.09. The van der Waals surface area contributed by atoms with Crippen molar-refractivity contribution in [2.75, 3.05) is 12.4 Å². The molecule has 23 heavy (non-hydrogen) atoms. The first-order valence-electron chi connectivity index (χ1n) is 7.26. The van der Waals surface area contributed by atoms with Gasteiger partial charge in [-0.2, -0.15) is 0 Å². The Morgan fingerprint density at radius 1 is 1.09 bits per heavy atom. The third-order valence-corrected chi connectivity index (χ3v) is 3.85. The number of aromatic hydroxyl groups is 1. The van der Waals surface area contributed by atoms with Gasteiger partial charge in [0.2, 0.25) is 0 Å². The van der Waals surface area contributed by atoms with Crippen molar-refractivity contribution in [1.29, 1.82) is 0 Å². The van der Waals surface area contributed by atoms with Gasteiger partial charge in [0.15, 0.2) is 0 Å². The standard InChI is InChI=1S/C19H17NO3/c1-12-17-8-6-14(10-13(17)7-9-18(12)21)19(22)20-15-4-3-5-16(11-15)23-2/h3-11,21H,1-2H3,(H,20,22). The van der Waals surface area contributed by atoms with Gasteiger partial charge in [0.1, 0.15) is 11.5 Å². The number of nitrogens with one attached hydrogen (secondary N) is 1. The number of anilines is 1. The minimum absolute atomic E-state index is 0.189. The van der Waals surface area contributed by atoms with Crippen LogP contribution in [-0.2, 0) is 0 Å². The Labute approximate surface area is 134 Å². The first-order valence-corrected chi connectivity index (χ1v) is 7.26. The summed E-state index contributed by atoms with van der Waals surface area (Å²) < 4.78 is 5.15. The molecule has 0 saturated carbocycles. The Hall–Kier alpha value is -3.01. The first-order chi connectivity index (χ1) is 11.1. The summed E-state index contributed by atoms with van der Waals surface area (Å²) in [4.78, 5) is 12.4. The molecule has 0 aliphatic carbocycles. The molecule has 4 heteroatoms. The molecule has 4 nitrogen and oxygen atoms in total. The van der Waals surface area contributed by atoms with E-state index in [0.29, 0.717) is 17.0 Å². The molecule has 0 aliphatic rings. The van der Waals surface area contributed by atoms with Crippen LogP contribution in [-0.4, -0.2) is 18.1 Å². The van der Waals surface area contributed by atoms with Crippen molar-refractivity contribution in [2.45, 2.75) is 6.92 Å². The molecule has 1 amide bonds. The van der Waals surface area contributed by atoms with Gasteiger partial charge in [-0.25, -0.2) is 0 Å². The Morgan fingerprint density at radius 3 is 2.70 bits per heavy atom. The van der Waals surface area contributed by atoms with Crippen molar-refractivity contribution < 1.29 is 14.6 Å². The molecule has 0 spiro atoms. The van der Waals surface area contributed by atoms with Crippen LogP contribution in [0.15, 0.2) is 54.6 Å². The molecule has 0 saturated heterocycles. The number of hydrogen-bond acceptors (Lipinski definition) is 3. The van der Waals surface area contributed by atoms with E-state index in [4.69, 9.17) is 4.74 Å². The van der Waals surface area contributed by atoms with E-state index in [1.165, 1.54) is 0 Å². The van der Waals surface area contributed by atoms with Crippen LogP contribution in [0.5, 0.6) is 11.5 Å². The molecule has 3 aromatic carbocycles. The number of methoxy groups -OCH3 is 1. The molecule has 3 rings (SSSR count). The van der Waals surface area contributed by atoms with Gasteiger partial charge in [-0.15, -0.1) is 0 Å². The van der Waals surface area contributed by atoms with E-state index in [0.717, 1.165) is 16.3 Å². The summed E-state index contributed by atoms with van der Waals surface area (Å²) in [6.45, 7) is 1.85. The second-order valence-corrected chi connectivity index (χ2v) is 5.33. The van der Waals surface area contributed by atoms with Crippen LogP contribution in [0.4, 0.5) is 5.69 Å². The maximum absolute atomic E-state index is 12.4. The van der Waals surface area contributed by atoms with E-state index < -0.39 is 0 Å². The maximum atomic E-state index is 12.4. The predicted octanol–water partition coefficient (Wildman–Crippen LogP) is 4.11. The molecule has 0 bridgehead atoms. The minimum Gasteiger partial charge on any atom is -0.508 e. The van der Waals surface area contributed by atoms with Crippen LogP contribution in [0, 0.1) is 6.92 Å². The fourth-order valence-corrected chi connectivity index (χ4v) is 2.52. The first kappa shape index (κ1) is 14.9. The van der Waals surface area contributed by atoms with Crippen LogP contribution < -0.4 is 10.1 Å². The molecule has 0 unspecified atom stereocenters. The summed E-state index contributed by atoms with van der Waals surface area (Å²) in [6, 6.07) is 16.1. The summed E-state index contributed by atoms with van der Waals surface area (Å²) in [5, 5.41) is 14.5. The number of rotatable bonds is 3. The number of benzene rings is 3. The summed E-state index contributed by atoms with van der Waals surface area (Å²) in [6.07, 6.45) is 0. The smallest absolute Gasteiger partial charge is 0.255 e. The van der Waals surface area contributed by atoms with E-state index in [2.05, 4.69) is 5.32 Å². The predicted molar refractivity (Wildman–Crippen MR) is 91.3 cm³/mol. The lowest BCUT2D eigenvalue weighted by Gasteiger charge is -2.09. The SMILES string of the molecule is COc1cccc(NC(=O)c2ccc3c(C)c(O)ccc3c2)c1. The molecular weight excluding hydrogens is 290 g/mol. The van der Waals surface area contributed by atoms with Crippen molar-refractivity contribution in [2.24, 2.45) is 0 Å². The Bertz CT molecular complexity index is 887. The zero-order valence-electron chi connectivity index (χ0n) is 13.0. The second-order valence-electron chi connectivity index (χ2n) is 5.33. The number of carbonyl (C=O) groups is 1. The van der Waals surface area contributed by atoms with E-state index in [9.17, 15) is 9.90 Å². The molecule has 3 aromatic rings. The van der Waals surface area contributed by atoms with Crippen molar-refractivity contribution in [3.63, 3.8) is 0 Å². The number of fused-ring (bicyclic) bond motifs is 1. The van der Waals surface area contributed by atoms with Crippen LogP contribution in [0.1, 0.15) is 15.9 Å². The Balaban J connectivity index is 1.90. The van der Waals surface area contributed by atoms with Crippen molar-refractivity contribution in [3.05, 3.63) is 65.7 Å². The molecule has 0 fully saturated rings. The number of ether oxygens (including phenoxy) is 1. The minimum atomic E-state index is -0.189. The van der Waals surface area contributed by atoms with Crippen LogP contribution in [0.2, 0.25) is 0 Å². The average molecular weight is 307 g/mol.